The van der Waals surface area contributed by atoms with Gasteiger partial charge in [-0.3, -0.25) is 4.79 Å². The van der Waals surface area contributed by atoms with E-state index in [1.165, 1.54) is 29.5 Å². The lowest BCUT2D eigenvalue weighted by Gasteiger charge is -2.09. The number of rotatable bonds is 7. The number of hydrogen-bond acceptors (Lipinski definition) is 7. The molecule has 33 heavy (non-hydrogen) atoms. The maximum atomic E-state index is 12.7. The maximum absolute atomic E-state index is 12.7. The number of ether oxygens (including phenoxy) is 1. The van der Waals surface area contributed by atoms with Crippen molar-refractivity contribution in [3.05, 3.63) is 51.7 Å². The van der Waals surface area contributed by atoms with E-state index < -0.39 is 0 Å². The molecule has 0 spiro atoms. The van der Waals surface area contributed by atoms with E-state index >= 15 is 0 Å². The van der Waals surface area contributed by atoms with Gasteiger partial charge in [0.25, 0.3) is 0 Å². The molecule has 1 aromatic carbocycles. The summed E-state index contributed by atoms with van der Waals surface area (Å²) >= 11 is 2.88. The van der Waals surface area contributed by atoms with Crippen LogP contribution in [0.25, 0.3) is 0 Å². The second-order valence-electron chi connectivity index (χ2n) is 8.08. The average Bonchev–Trinajstić information content (AvgIpc) is 3.30. The van der Waals surface area contributed by atoms with Gasteiger partial charge in [0.2, 0.25) is 5.91 Å². The van der Waals surface area contributed by atoms with Crippen LogP contribution in [0, 0.1) is 18.3 Å². The van der Waals surface area contributed by atoms with Crippen molar-refractivity contribution in [2.24, 2.45) is 7.05 Å². The molecule has 0 radical (unpaired) electrons. The monoisotopic (exact) mass is 481 g/mol. The highest BCUT2D eigenvalue weighted by Crippen LogP contribution is 2.36. The van der Waals surface area contributed by atoms with Crippen LogP contribution in [0.4, 0.5) is 5.00 Å². The normalized spacial score (nSPS) is 13.5. The fraction of sp³-hybridized carbons (Fsp3) is 0.417. The third-order valence-electron chi connectivity index (χ3n) is 5.74. The molecule has 0 unspecified atom stereocenters. The van der Waals surface area contributed by atoms with Crippen LogP contribution in [-0.2, 0) is 31.3 Å². The van der Waals surface area contributed by atoms with Gasteiger partial charge in [0.1, 0.15) is 23.4 Å². The highest BCUT2D eigenvalue weighted by atomic mass is 32.2. The third-order valence-corrected chi connectivity index (χ3v) is 7.97. The molecule has 0 saturated heterocycles. The summed E-state index contributed by atoms with van der Waals surface area (Å²) in [5, 5.41) is 22.4. The zero-order chi connectivity index (χ0) is 23.2. The van der Waals surface area contributed by atoms with Gasteiger partial charge in [-0.25, -0.2) is 0 Å². The number of benzene rings is 1. The van der Waals surface area contributed by atoms with Crippen molar-refractivity contribution >= 4 is 34.0 Å². The fourth-order valence-corrected chi connectivity index (χ4v) is 5.86. The van der Waals surface area contributed by atoms with E-state index in [-0.39, 0.29) is 11.7 Å². The minimum atomic E-state index is -0.147. The Morgan fingerprint density at radius 2 is 2.03 bits per heavy atom. The van der Waals surface area contributed by atoms with E-state index in [4.69, 9.17) is 4.74 Å². The summed E-state index contributed by atoms with van der Waals surface area (Å²) < 4.78 is 7.70. The summed E-state index contributed by atoms with van der Waals surface area (Å²) in [6, 6.07) is 10.1. The van der Waals surface area contributed by atoms with Crippen LogP contribution < -0.4 is 10.1 Å². The predicted molar refractivity (Wildman–Crippen MR) is 131 cm³/mol. The summed E-state index contributed by atoms with van der Waals surface area (Å²) in [7, 11) is 1.86. The van der Waals surface area contributed by atoms with Crippen LogP contribution >= 0.6 is 23.1 Å². The summed E-state index contributed by atoms with van der Waals surface area (Å²) in [5.41, 5.74) is 2.84. The van der Waals surface area contributed by atoms with Crippen LogP contribution in [0.1, 0.15) is 53.1 Å². The van der Waals surface area contributed by atoms with Crippen molar-refractivity contribution in [3.63, 3.8) is 0 Å². The molecule has 0 bridgehead atoms. The molecule has 4 rings (SSSR count). The van der Waals surface area contributed by atoms with Crippen molar-refractivity contribution in [3.8, 4) is 11.8 Å². The molecule has 0 aliphatic heterocycles. The first kappa shape index (κ1) is 23.3. The second-order valence-corrected chi connectivity index (χ2v) is 10.1. The Hall–Kier alpha value is -2.83. The van der Waals surface area contributed by atoms with Gasteiger partial charge in [-0.05, 0) is 49.8 Å². The second kappa shape index (κ2) is 10.9. The molecule has 9 heteroatoms. The number of hydrogen-bond donors (Lipinski definition) is 1. The summed E-state index contributed by atoms with van der Waals surface area (Å²) in [6.07, 6.45) is 6.59. The number of thiophene rings is 1. The third kappa shape index (κ3) is 5.57. The summed E-state index contributed by atoms with van der Waals surface area (Å²) in [5.74, 6) is 1.54. The minimum Gasteiger partial charge on any atom is -0.485 e. The summed E-state index contributed by atoms with van der Waals surface area (Å²) in [6.45, 7) is 2.30. The lowest BCUT2D eigenvalue weighted by atomic mass is 9.97. The van der Waals surface area contributed by atoms with E-state index in [0.29, 0.717) is 28.2 Å². The average molecular weight is 482 g/mol. The first-order valence-electron chi connectivity index (χ1n) is 11.1. The summed E-state index contributed by atoms with van der Waals surface area (Å²) in [4.78, 5) is 13.9. The number of carbonyl (C=O) groups excluding carboxylic acids is 1. The van der Waals surface area contributed by atoms with Gasteiger partial charge >= 0.3 is 0 Å². The van der Waals surface area contributed by atoms with Gasteiger partial charge in [-0.2, -0.15) is 5.26 Å². The van der Waals surface area contributed by atoms with Gasteiger partial charge < -0.3 is 14.6 Å². The number of aromatic nitrogens is 3. The molecule has 1 N–H and O–H groups in total. The zero-order valence-corrected chi connectivity index (χ0v) is 20.5. The van der Waals surface area contributed by atoms with Crippen molar-refractivity contribution < 1.29 is 9.53 Å². The molecule has 2 heterocycles. The number of fused-ring (bicyclic) bond motifs is 1. The van der Waals surface area contributed by atoms with E-state index in [9.17, 15) is 10.1 Å². The molecule has 7 nitrogen and oxygen atoms in total. The Morgan fingerprint density at radius 3 is 2.82 bits per heavy atom. The standard InChI is InChI=1S/C24H27N5O2S2/c1-16-9-7-8-11-19(16)31-14-21-27-28-24(29(21)2)32-15-22(30)26-23-18(13-25)17-10-5-3-4-6-12-20(17)33-23/h7-9,11H,3-6,10,12,14-15H2,1-2H3,(H,26,30). The van der Waals surface area contributed by atoms with Crippen LogP contribution in [0.15, 0.2) is 29.4 Å². The van der Waals surface area contributed by atoms with E-state index in [1.807, 2.05) is 42.8 Å². The van der Waals surface area contributed by atoms with E-state index in [2.05, 4.69) is 21.6 Å². The molecule has 172 valence electrons. The van der Waals surface area contributed by atoms with Crippen LogP contribution in [0.2, 0.25) is 0 Å². The Morgan fingerprint density at radius 1 is 1.24 bits per heavy atom. The number of aryl methyl sites for hydroxylation is 2. The molecule has 0 fully saturated rings. The van der Waals surface area contributed by atoms with Gasteiger partial charge in [-0.1, -0.05) is 42.8 Å². The first-order chi connectivity index (χ1) is 16.1. The van der Waals surface area contributed by atoms with E-state index in [0.717, 1.165) is 42.6 Å². The van der Waals surface area contributed by atoms with Gasteiger partial charge in [0.15, 0.2) is 11.0 Å². The molecule has 3 aromatic rings. The quantitative estimate of drug-likeness (QED) is 0.476. The molecular formula is C24H27N5O2S2. The highest BCUT2D eigenvalue weighted by Gasteiger charge is 2.21. The Labute approximate surface area is 202 Å². The number of nitrogens with one attached hydrogen (secondary N) is 1. The lowest BCUT2D eigenvalue weighted by molar-refractivity contribution is -0.113. The smallest absolute Gasteiger partial charge is 0.235 e. The van der Waals surface area contributed by atoms with Crippen molar-refractivity contribution in [1.29, 1.82) is 5.26 Å². The van der Waals surface area contributed by atoms with E-state index in [1.54, 1.807) is 11.3 Å². The number of carbonyl (C=O) groups is 1. The number of amides is 1. The largest absolute Gasteiger partial charge is 0.485 e. The minimum absolute atomic E-state index is 0.147. The van der Waals surface area contributed by atoms with Crippen LogP contribution in [-0.4, -0.2) is 26.4 Å². The molecule has 2 aromatic heterocycles. The molecule has 1 amide bonds. The Kier molecular flexibility index (Phi) is 7.68. The fourth-order valence-electron chi connectivity index (χ4n) is 3.88. The van der Waals surface area contributed by atoms with Gasteiger partial charge in [0.05, 0.1) is 11.3 Å². The Bertz CT molecular complexity index is 1180. The zero-order valence-electron chi connectivity index (χ0n) is 18.9. The maximum Gasteiger partial charge on any atom is 0.235 e. The number of nitrogens with zero attached hydrogens (tertiary/aromatic N) is 4. The van der Waals surface area contributed by atoms with Gasteiger partial charge in [-0.15, -0.1) is 21.5 Å². The lowest BCUT2D eigenvalue weighted by Crippen LogP contribution is -2.14. The van der Waals surface area contributed by atoms with Crippen molar-refractivity contribution in [1.82, 2.24) is 14.8 Å². The SMILES string of the molecule is Cc1ccccc1OCc1nnc(SCC(=O)Nc2sc3c(c2C#N)CCCCCC3)n1C. The molecule has 1 aliphatic rings. The number of para-hydroxylation sites is 1. The first-order valence-corrected chi connectivity index (χ1v) is 12.9. The highest BCUT2D eigenvalue weighted by molar-refractivity contribution is 7.99. The predicted octanol–water partition coefficient (Wildman–Crippen LogP) is 5.03. The Balaban J connectivity index is 1.35. The molecule has 0 atom stereocenters. The van der Waals surface area contributed by atoms with Crippen molar-refractivity contribution in [2.45, 2.75) is 57.2 Å². The topological polar surface area (TPSA) is 92.8 Å². The molecule has 1 aliphatic carbocycles. The van der Waals surface area contributed by atoms with Crippen LogP contribution in [0.3, 0.4) is 0 Å². The molecular weight excluding hydrogens is 454 g/mol. The van der Waals surface area contributed by atoms with Crippen molar-refractivity contribution in [2.75, 3.05) is 11.1 Å². The number of anilines is 1. The number of nitriles is 1. The van der Waals surface area contributed by atoms with Gasteiger partial charge in [0, 0.05) is 11.9 Å². The van der Waals surface area contributed by atoms with Crippen LogP contribution in [0.5, 0.6) is 5.75 Å². The number of thioether (sulfide) groups is 1. The molecule has 0 saturated carbocycles.